The van der Waals surface area contributed by atoms with Crippen molar-refractivity contribution in [3.8, 4) is 11.1 Å². The first kappa shape index (κ1) is 15.8. The molecule has 0 bridgehead atoms. The van der Waals surface area contributed by atoms with Crippen molar-refractivity contribution < 1.29 is 4.84 Å². The zero-order valence-electron chi connectivity index (χ0n) is 12.6. The van der Waals surface area contributed by atoms with Crippen molar-refractivity contribution in [2.24, 2.45) is 0 Å². The average molecular weight is 337 g/mol. The lowest BCUT2D eigenvalue weighted by Crippen LogP contribution is -2.54. The summed E-state index contributed by atoms with van der Waals surface area (Å²) in [7, 11) is 1.91. The van der Waals surface area contributed by atoms with E-state index in [2.05, 4.69) is 30.4 Å². The van der Waals surface area contributed by atoms with Crippen LogP contribution in [0, 0.1) is 0 Å². The maximum atomic E-state index is 6.11. The molecule has 1 unspecified atom stereocenters. The standard InChI is InChI=1S/C17H18Cl2N2O/c1-17(10-22-21(2)11-20-17)14-5-3-4-12(6-14)13-7-15(18)9-16(19)8-13/h3-9,20H,10-11H2,1-2H3. The number of nitrogens with one attached hydrogen (secondary N) is 1. The van der Waals surface area contributed by atoms with Crippen LogP contribution in [0.25, 0.3) is 11.1 Å². The molecule has 0 aromatic heterocycles. The minimum Gasteiger partial charge on any atom is -0.296 e. The summed E-state index contributed by atoms with van der Waals surface area (Å²) in [5.41, 5.74) is 3.06. The van der Waals surface area contributed by atoms with Crippen LogP contribution in [0.4, 0.5) is 0 Å². The smallest absolute Gasteiger partial charge is 0.0906 e. The van der Waals surface area contributed by atoms with E-state index in [-0.39, 0.29) is 5.54 Å². The van der Waals surface area contributed by atoms with E-state index < -0.39 is 0 Å². The Morgan fingerprint density at radius 3 is 2.45 bits per heavy atom. The van der Waals surface area contributed by atoms with Crippen LogP contribution in [0.2, 0.25) is 10.0 Å². The van der Waals surface area contributed by atoms with Crippen molar-refractivity contribution in [1.29, 1.82) is 0 Å². The van der Waals surface area contributed by atoms with E-state index in [0.717, 1.165) is 11.1 Å². The number of hydroxylamine groups is 2. The summed E-state index contributed by atoms with van der Waals surface area (Å²) >= 11 is 12.2. The van der Waals surface area contributed by atoms with Gasteiger partial charge in [-0.1, -0.05) is 41.4 Å². The molecule has 22 heavy (non-hydrogen) atoms. The van der Waals surface area contributed by atoms with Crippen LogP contribution in [0.5, 0.6) is 0 Å². The first-order valence-electron chi connectivity index (χ1n) is 7.12. The van der Waals surface area contributed by atoms with Crippen molar-refractivity contribution in [3.63, 3.8) is 0 Å². The summed E-state index contributed by atoms with van der Waals surface area (Å²) in [6.07, 6.45) is 0. The van der Waals surface area contributed by atoms with Crippen molar-refractivity contribution >= 4 is 23.2 Å². The Hall–Kier alpha value is -1.10. The molecule has 0 amide bonds. The second kappa shape index (κ2) is 6.19. The molecule has 1 aliphatic rings. The Morgan fingerprint density at radius 2 is 1.82 bits per heavy atom. The average Bonchev–Trinajstić information content (AvgIpc) is 2.50. The van der Waals surface area contributed by atoms with Gasteiger partial charge in [0.25, 0.3) is 0 Å². The van der Waals surface area contributed by atoms with E-state index in [4.69, 9.17) is 28.0 Å². The first-order chi connectivity index (χ1) is 10.5. The molecule has 3 nitrogen and oxygen atoms in total. The number of hydrogen-bond donors (Lipinski definition) is 1. The quantitative estimate of drug-likeness (QED) is 0.884. The van der Waals surface area contributed by atoms with Crippen LogP contribution in [0.3, 0.4) is 0 Å². The molecular weight excluding hydrogens is 319 g/mol. The number of rotatable bonds is 2. The SMILES string of the molecule is CN1CNC(C)(c2cccc(-c3cc(Cl)cc(Cl)c3)c2)CO1. The number of benzene rings is 2. The van der Waals surface area contributed by atoms with Gasteiger partial charge in [-0.2, -0.15) is 5.06 Å². The van der Waals surface area contributed by atoms with Crippen LogP contribution < -0.4 is 5.32 Å². The van der Waals surface area contributed by atoms with Gasteiger partial charge in [0, 0.05) is 17.1 Å². The lowest BCUT2D eigenvalue weighted by atomic mass is 9.90. The van der Waals surface area contributed by atoms with Gasteiger partial charge < -0.3 is 0 Å². The highest BCUT2D eigenvalue weighted by Gasteiger charge is 2.31. The van der Waals surface area contributed by atoms with Crippen molar-refractivity contribution in [2.45, 2.75) is 12.5 Å². The van der Waals surface area contributed by atoms with E-state index in [0.29, 0.717) is 23.3 Å². The minimum absolute atomic E-state index is 0.217. The van der Waals surface area contributed by atoms with Gasteiger partial charge in [0.2, 0.25) is 0 Å². The van der Waals surface area contributed by atoms with E-state index in [9.17, 15) is 0 Å². The second-order valence-electron chi connectivity index (χ2n) is 5.81. The Kier molecular flexibility index (Phi) is 4.44. The highest BCUT2D eigenvalue weighted by molar-refractivity contribution is 6.35. The Bertz CT molecular complexity index is 662. The highest BCUT2D eigenvalue weighted by atomic mass is 35.5. The van der Waals surface area contributed by atoms with E-state index >= 15 is 0 Å². The van der Waals surface area contributed by atoms with Gasteiger partial charge in [-0.25, -0.2) is 0 Å². The zero-order chi connectivity index (χ0) is 15.7. The fourth-order valence-corrected chi connectivity index (χ4v) is 3.10. The summed E-state index contributed by atoms with van der Waals surface area (Å²) in [5.74, 6) is 0. The van der Waals surface area contributed by atoms with E-state index in [1.54, 1.807) is 11.1 Å². The fraction of sp³-hybridized carbons (Fsp3) is 0.294. The molecule has 1 heterocycles. The largest absolute Gasteiger partial charge is 0.296 e. The molecule has 1 N–H and O–H groups in total. The van der Waals surface area contributed by atoms with Crippen LogP contribution in [-0.2, 0) is 10.4 Å². The molecule has 2 aromatic carbocycles. The minimum atomic E-state index is -0.217. The molecule has 116 valence electrons. The van der Waals surface area contributed by atoms with Crippen LogP contribution in [-0.4, -0.2) is 25.4 Å². The lowest BCUT2D eigenvalue weighted by molar-refractivity contribution is -0.196. The predicted octanol–water partition coefficient (Wildman–Crippen LogP) is 4.30. The Labute approximate surface area is 140 Å². The maximum Gasteiger partial charge on any atom is 0.0906 e. The van der Waals surface area contributed by atoms with Crippen LogP contribution in [0.1, 0.15) is 12.5 Å². The summed E-state index contributed by atoms with van der Waals surface area (Å²) in [4.78, 5) is 5.66. The summed E-state index contributed by atoms with van der Waals surface area (Å²) in [6, 6.07) is 14.0. The fourth-order valence-electron chi connectivity index (χ4n) is 2.57. The molecule has 1 fully saturated rings. The van der Waals surface area contributed by atoms with Crippen molar-refractivity contribution in [1.82, 2.24) is 10.4 Å². The Morgan fingerprint density at radius 1 is 1.09 bits per heavy atom. The zero-order valence-corrected chi connectivity index (χ0v) is 14.1. The summed E-state index contributed by atoms with van der Waals surface area (Å²) < 4.78 is 0. The third-order valence-corrected chi connectivity index (χ3v) is 4.40. The van der Waals surface area contributed by atoms with Crippen molar-refractivity contribution in [2.75, 3.05) is 20.3 Å². The highest BCUT2D eigenvalue weighted by Crippen LogP contribution is 2.31. The molecule has 0 spiro atoms. The number of hydrogen-bond acceptors (Lipinski definition) is 3. The lowest BCUT2D eigenvalue weighted by Gasteiger charge is -2.39. The third kappa shape index (κ3) is 3.29. The molecule has 3 rings (SSSR count). The summed E-state index contributed by atoms with van der Waals surface area (Å²) in [6.45, 7) is 3.41. The summed E-state index contributed by atoms with van der Waals surface area (Å²) in [5, 5.41) is 6.58. The number of halogens is 2. The molecule has 0 saturated carbocycles. The molecule has 0 radical (unpaired) electrons. The van der Waals surface area contributed by atoms with Gasteiger partial charge >= 0.3 is 0 Å². The van der Waals surface area contributed by atoms with Crippen molar-refractivity contribution in [3.05, 3.63) is 58.1 Å². The van der Waals surface area contributed by atoms with Gasteiger partial charge in [-0.15, -0.1) is 0 Å². The predicted molar refractivity (Wildman–Crippen MR) is 91.0 cm³/mol. The van der Waals surface area contributed by atoms with Gasteiger partial charge in [-0.3, -0.25) is 10.2 Å². The van der Waals surface area contributed by atoms with Crippen LogP contribution >= 0.6 is 23.2 Å². The first-order valence-corrected chi connectivity index (χ1v) is 7.88. The monoisotopic (exact) mass is 336 g/mol. The van der Waals surface area contributed by atoms with Gasteiger partial charge in [0.1, 0.15) is 0 Å². The molecular formula is C17H18Cl2N2O. The van der Waals surface area contributed by atoms with Gasteiger partial charge in [0.05, 0.1) is 18.8 Å². The van der Waals surface area contributed by atoms with E-state index in [1.807, 2.05) is 25.2 Å². The van der Waals surface area contributed by atoms with Crippen LogP contribution in [0.15, 0.2) is 42.5 Å². The second-order valence-corrected chi connectivity index (χ2v) is 6.68. The molecule has 0 aliphatic carbocycles. The molecule has 5 heteroatoms. The normalized spacial score (nSPS) is 22.7. The molecule has 1 saturated heterocycles. The maximum absolute atomic E-state index is 6.11. The number of nitrogens with zero attached hydrogens (tertiary/aromatic N) is 1. The Balaban J connectivity index is 1.96. The topological polar surface area (TPSA) is 24.5 Å². The molecule has 2 aromatic rings. The van der Waals surface area contributed by atoms with E-state index in [1.165, 1.54) is 5.56 Å². The molecule has 1 aliphatic heterocycles. The third-order valence-electron chi connectivity index (χ3n) is 3.96. The van der Waals surface area contributed by atoms with Gasteiger partial charge in [-0.05, 0) is 47.9 Å². The molecule has 1 atom stereocenters. The van der Waals surface area contributed by atoms with Gasteiger partial charge in [0.15, 0.2) is 0 Å².